The maximum Gasteiger partial charge on any atom is 0.408 e. The zero-order chi connectivity index (χ0) is 40.6. The summed E-state index contributed by atoms with van der Waals surface area (Å²) < 4.78 is 34.3. The minimum absolute atomic E-state index is 0.0592. The van der Waals surface area contributed by atoms with Gasteiger partial charge in [0.05, 0.1) is 52.9 Å². The van der Waals surface area contributed by atoms with Crippen LogP contribution in [-0.2, 0) is 51.2 Å². The van der Waals surface area contributed by atoms with Crippen molar-refractivity contribution in [3.8, 4) is 0 Å². The first-order valence-electron chi connectivity index (χ1n) is 19.4. The lowest BCUT2D eigenvalue weighted by Crippen LogP contribution is -2.46. The number of amides is 4. The molecule has 1 aliphatic heterocycles. The standard InChI is InChI=1S/C44H52N4O10/c49-41(39(37-17-9-3-10-18-37)45-43(51)57-33-35-13-5-1-6-14-35)47-21-25-53-29-31-55-27-23-48(24-28-56-32-30-54-26-22-47)42(50)40(38-19-11-4-12-20-38)46-44(52)58-34-36-15-7-2-8-16-36/h1-20,39-40H,21-34H2,(H,45,51)(H,46,52). The highest BCUT2D eigenvalue weighted by molar-refractivity contribution is 5.87. The number of alkyl carbamates (subject to hydrolysis) is 2. The number of hydrogen-bond donors (Lipinski definition) is 2. The monoisotopic (exact) mass is 796 g/mol. The summed E-state index contributed by atoms with van der Waals surface area (Å²) in [6.07, 6.45) is -1.44. The number of benzene rings is 4. The van der Waals surface area contributed by atoms with Gasteiger partial charge in [-0.1, -0.05) is 121 Å². The molecule has 308 valence electrons. The van der Waals surface area contributed by atoms with Crippen LogP contribution in [0, 0.1) is 0 Å². The minimum atomic E-state index is -1.00. The van der Waals surface area contributed by atoms with Gasteiger partial charge in [0.25, 0.3) is 0 Å². The molecule has 1 fully saturated rings. The average Bonchev–Trinajstić information content (AvgIpc) is 3.26. The van der Waals surface area contributed by atoms with Crippen LogP contribution in [0.3, 0.4) is 0 Å². The Kier molecular flexibility index (Phi) is 18.5. The van der Waals surface area contributed by atoms with Crippen LogP contribution in [-0.4, -0.2) is 113 Å². The van der Waals surface area contributed by atoms with Gasteiger partial charge < -0.3 is 48.9 Å². The van der Waals surface area contributed by atoms with Gasteiger partial charge in [0.1, 0.15) is 25.3 Å². The van der Waals surface area contributed by atoms with Gasteiger partial charge in [-0.3, -0.25) is 9.59 Å². The van der Waals surface area contributed by atoms with Crippen molar-refractivity contribution in [2.45, 2.75) is 25.3 Å². The molecule has 4 amide bonds. The number of nitrogens with zero attached hydrogens (tertiary/aromatic N) is 2. The number of nitrogens with one attached hydrogen (secondary N) is 2. The smallest absolute Gasteiger partial charge is 0.408 e. The topological polar surface area (TPSA) is 154 Å². The molecular formula is C44H52N4O10. The second kappa shape index (κ2) is 24.8. The fraction of sp³-hybridized carbons (Fsp3) is 0.364. The Morgan fingerprint density at radius 2 is 0.741 bits per heavy atom. The average molecular weight is 797 g/mol. The molecule has 0 aliphatic carbocycles. The first-order chi connectivity index (χ1) is 28.5. The van der Waals surface area contributed by atoms with E-state index < -0.39 is 24.3 Å². The maximum absolute atomic E-state index is 14.0. The molecule has 4 aromatic rings. The van der Waals surface area contributed by atoms with Crippen LogP contribution in [0.2, 0.25) is 0 Å². The summed E-state index contributed by atoms with van der Waals surface area (Å²) in [5.74, 6) is -0.677. The lowest BCUT2D eigenvalue weighted by Gasteiger charge is -2.29. The zero-order valence-electron chi connectivity index (χ0n) is 32.6. The van der Waals surface area contributed by atoms with Crippen molar-refractivity contribution in [3.63, 3.8) is 0 Å². The summed E-state index contributed by atoms with van der Waals surface area (Å²) in [6, 6.07) is 34.6. The fourth-order valence-corrected chi connectivity index (χ4v) is 6.00. The molecule has 14 heteroatoms. The van der Waals surface area contributed by atoms with Gasteiger partial charge in [0, 0.05) is 26.2 Å². The van der Waals surface area contributed by atoms with Crippen LogP contribution in [0.15, 0.2) is 121 Å². The third-order valence-corrected chi connectivity index (χ3v) is 9.10. The molecule has 58 heavy (non-hydrogen) atoms. The first-order valence-corrected chi connectivity index (χ1v) is 19.4. The second-order valence-electron chi connectivity index (χ2n) is 13.2. The molecule has 0 saturated carbocycles. The number of hydrogen-bond acceptors (Lipinski definition) is 10. The fourth-order valence-electron chi connectivity index (χ4n) is 6.00. The van der Waals surface area contributed by atoms with Crippen molar-refractivity contribution in [1.82, 2.24) is 20.4 Å². The molecule has 2 unspecified atom stereocenters. The zero-order valence-corrected chi connectivity index (χ0v) is 32.6. The van der Waals surface area contributed by atoms with E-state index in [9.17, 15) is 19.2 Å². The largest absolute Gasteiger partial charge is 0.445 e. The lowest BCUT2D eigenvalue weighted by molar-refractivity contribution is -0.136. The van der Waals surface area contributed by atoms with Crippen molar-refractivity contribution in [3.05, 3.63) is 144 Å². The van der Waals surface area contributed by atoms with Crippen molar-refractivity contribution in [1.29, 1.82) is 0 Å². The summed E-state index contributed by atoms with van der Waals surface area (Å²) in [7, 11) is 0. The normalized spacial score (nSPS) is 16.1. The van der Waals surface area contributed by atoms with Crippen molar-refractivity contribution >= 4 is 24.0 Å². The lowest BCUT2D eigenvalue weighted by atomic mass is 10.1. The van der Waals surface area contributed by atoms with Gasteiger partial charge in [0.2, 0.25) is 11.8 Å². The van der Waals surface area contributed by atoms with Gasteiger partial charge in [-0.25, -0.2) is 9.59 Å². The van der Waals surface area contributed by atoms with Gasteiger partial charge in [-0.15, -0.1) is 0 Å². The summed E-state index contributed by atoms with van der Waals surface area (Å²) in [6.45, 7) is 2.80. The number of carbonyl (C=O) groups is 4. The van der Waals surface area contributed by atoms with Crippen LogP contribution in [0.25, 0.3) is 0 Å². The number of rotatable bonds is 10. The molecule has 0 bridgehead atoms. The predicted octanol–water partition coefficient (Wildman–Crippen LogP) is 5.06. The summed E-state index contributed by atoms with van der Waals surface area (Å²) in [4.78, 5) is 57.1. The molecule has 2 atom stereocenters. The Hall–Kier alpha value is -5.80. The molecule has 14 nitrogen and oxygen atoms in total. The highest BCUT2D eigenvalue weighted by Crippen LogP contribution is 2.19. The second-order valence-corrected chi connectivity index (χ2v) is 13.2. The molecule has 1 heterocycles. The third-order valence-electron chi connectivity index (χ3n) is 9.10. The number of carbonyl (C=O) groups excluding carboxylic acids is 4. The van der Waals surface area contributed by atoms with Crippen LogP contribution in [0.4, 0.5) is 9.59 Å². The Labute approximate surface area is 339 Å². The van der Waals surface area contributed by atoms with E-state index in [4.69, 9.17) is 28.4 Å². The summed E-state index contributed by atoms with van der Waals surface area (Å²) in [5, 5.41) is 5.51. The third kappa shape index (κ3) is 14.9. The Morgan fingerprint density at radius 1 is 0.448 bits per heavy atom. The van der Waals surface area contributed by atoms with E-state index >= 15 is 0 Å². The highest BCUT2D eigenvalue weighted by atomic mass is 16.6. The van der Waals surface area contributed by atoms with Gasteiger partial charge in [-0.2, -0.15) is 0 Å². The van der Waals surface area contributed by atoms with Crippen LogP contribution < -0.4 is 10.6 Å². The quantitative estimate of drug-likeness (QED) is 0.223. The van der Waals surface area contributed by atoms with E-state index in [-0.39, 0.29) is 104 Å². The van der Waals surface area contributed by atoms with Crippen LogP contribution in [0.1, 0.15) is 34.3 Å². The SMILES string of the molecule is O=C(NC(C(=O)N1CCOCCOCCN(C(=O)C(NC(=O)OCc2ccccc2)c2ccccc2)CCOCCOCC1)c1ccccc1)OCc1ccccc1. The van der Waals surface area contributed by atoms with E-state index in [1.165, 1.54) is 0 Å². The van der Waals surface area contributed by atoms with E-state index in [1.54, 1.807) is 58.3 Å². The minimum Gasteiger partial charge on any atom is -0.445 e. The van der Waals surface area contributed by atoms with Crippen molar-refractivity contribution in [2.24, 2.45) is 0 Å². The van der Waals surface area contributed by atoms with E-state index in [0.717, 1.165) is 11.1 Å². The van der Waals surface area contributed by atoms with Crippen molar-refractivity contribution < 1.29 is 47.6 Å². The van der Waals surface area contributed by atoms with E-state index in [0.29, 0.717) is 11.1 Å². The Morgan fingerprint density at radius 3 is 1.05 bits per heavy atom. The first kappa shape index (κ1) is 43.3. The predicted molar refractivity (Wildman–Crippen MR) is 214 cm³/mol. The Balaban J connectivity index is 1.16. The Bertz CT molecular complexity index is 1650. The van der Waals surface area contributed by atoms with Gasteiger partial charge >= 0.3 is 12.2 Å². The van der Waals surface area contributed by atoms with Crippen LogP contribution in [0.5, 0.6) is 0 Å². The molecular weight excluding hydrogens is 745 g/mol. The molecule has 0 spiro atoms. The molecule has 0 aromatic heterocycles. The molecule has 1 saturated heterocycles. The molecule has 0 radical (unpaired) electrons. The highest BCUT2D eigenvalue weighted by Gasteiger charge is 2.30. The van der Waals surface area contributed by atoms with Gasteiger partial charge in [-0.05, 0) is 22.3 Å². The number of ether oxygens (including phenoxy) is 6. The van der Waals surface area contributed by atoms with Crippen LogP contribution >= 0.6 is 0 Å². The summed E-state index contributed by atoms with van der Waals surface area (Å²) >= 11 is 0. The van der Waals surface area contributed by atoms with Crippen molar-refractivity contribution in [2.75, 3.05) is 79.0 Å². The maximum atomic E-state index is 14.0. The molecule has 5 rings (SSSR count). The van der Waals surface area contributed by atoms with Gasteiger partial charge in [0.15, 0.2) is 0 Å². The molecule has 1 aliphatic rings. The summed E-state index contributed by atoms with van der Waals surface area (Å²) in [5.41, 5.74) is 2.86. The van der Waals surface area contributed by atoms with E-state index in [2.05, 4.69) is 10.6 Å². The molecule has 2 N–H and O–H groups in total. The molecule has 4 aromatic carbocycles. The van der Waals surface area contributed by atoms with E-state index in [1.807, 2.05) is 72.8 Å².